The summed E-state index contributed by atoms with van der Waals surface area (Å²) in [5, 5.41) is 2.74. The average Bonchev–Trinajstić information content (AvgIpc) is 3.19. The van der Waals surface area contributed by atoms with Gasteiger partial charge >= 0.3 is 0 Å². The van der Waals surface area contributed by atoms with Crippen molar-refractivity contribution in [2.24, 2.45) is 4.99 Å². The van der Waals surface area contributed by atoms with E-state index in [1.165, 1.54) is 4.90 Å². The van der Waals surface area contributed by atoms with Gasteiger partial charge in [0.05, 0.1) is 32.9 Å². The van der Waals surface area contributed by atoms with Crippen molar-refractivity contribution in [2.75, 3.05) is 66.0 Å². The van der Waals surface area contributed by atoms with Crippen molar-refractivity contribution in [2.45, 2.75) is 6.92 Å². The molecule has 0 radical (unpaired) electrons. The standard InChI is InChI=1S/C19H27N3O6/c1-2-24-11-12-26-19(20-5-6-22-7-9-25-10-8-22)21-18(23)15-3-4-16-17(13-15)28-14-27-16/h3-4,13H,2,5-12,14H2,1H3,(H,20,21,23)/p+1. The molecule has 28 heavy (non-hydrogen) atoms. The molecule has 0 bridgehead atoms. The minimum Gasteiger partial charge on any atom is -0.463 e. The van der Waals surface area contributed by atoms with E-state index >= 15 is 0 Å². The quantitative estimate of drug-likeness (QED) is 0.350. The first-order chi connectivity index (χ1) is 13.8. The topological polar surface area (TPSA) is 92.1 Å². The Morgan fingerprint density at radius 2 is 2.04 bits per heavy atom. The van der Waals surface area contributed by atoms with Gasteiger partial charge in [-0.3, -0.25) is 10.1 Å². The number of carbonyl (C=O) groups excluding carboxylic acids is 1. The van der Waals surface area contributed by atoms with Crippen LogP contribution in [0.25, 0.3) is 0 Å². The van der Waals surface area contributed by atoms with Gasteiger partial charge < -0.3 is 28.6 Å². The van der Waals surface area contributed by atoms with Crippen molar-refractivity contribution in [3.05, 3.63) is 23.8 Å². The van der Waals surface area contributed by atoms with Crippen LogP contribution in [-0.4, -0.2) is 77.9 Å². The number of aliphatic imine (C=N–C) groups is 1. The molecule has 0 aliphatic carbocycles. The molecule has 0 aromatic heterocycles. The number of hydrogen-bond donors (Lipinski definition) is 2. The summed E-state index contributed by atoms with van der Waals surface area (Å²) in [6.45, 7) is 8.36. The predicted octanol–water partition coefficient (Wildman–Crippen LogP) is -0.531. The number of amides is 1. The van der Waals surface area contributed by atoms with Crippen LogP contribution in [0.3, 0.4) is 0 Å². The van der Waals surface area contributed by atoms with Gasteiger partial charge in [-0.25, -0.2) is 4.99 Å². The molecular formula is C19H28N3O6+. The van der Waals surface area contributed by atoms with E-state index in [0.717, 1.165) is 32.8 Å². The van der Waals surface area contributed by atoms with Crippen molar-refractivity contribution in [1.82, 2.24) is 5.32 Å². The fourth-order valence-corrected chi connectivity index (χ4v) is 2.90. The van der Waals surface area contributed by atoms with E-state index in [2.05, 4.69) is 10.3 Å². The fourth-order valence-electron chi connectivity index (χ4n) is 2.90. The Bertz CT molecular complexity index is 676. The summed E-state index contributed by atoms with van der Waals surface area (Å²) in [6.07, 6.45) is 0. The monoisotopic (exact) mass is 394 g/mol. The lowest BCUT2D eigenvalue weighted by atomic mass is 10.2. The molecule has 0 saturated carbocycles. The molecule has 1 amide bonds. The maximum Gasteiger partial charge on any atom is 0.291 e. The Labute approximate surface area is 164 Å². The molecule has 2 N–H and O–H groups in total. The molecule has 9 nitrogen and oxygen atoms in total. The maximum atomic E-state index is 12.6. The Balaban J connectivity index is 1.56. The third-order valence-corrected chi connectivity index (χ3v) is 4.45. The van der Waals surface area contributed by atoms with E-state index in [4.69, 9.17) is 23.7 Å². The van der Waals surface area contributed by atoms with Gasteiger partial charge in [-0.1, -0.05) is 0 Å². The zero-order valence-electron chi connectivity index (χ0n) is 16.2. The fraction of sp³-hybridized carbons (Fsp3) is 0.579. The molecule has 1 fully saturated rings. The number of quaternary nitrogens is 1. The molecule has 1 aromatic carbocycles. The van der Waals surface area contributed by atoms with Crippen LogP contribution >= 0.6 is 0 Å². The molecule has 1 aromatic rings. The van der Waals surface area contributed by atoms with Crippen LogP contribution in [0, 0.1) is 0 Å². The third-order valence-electron chi connectivity index (χ3n) is 4.45. The molecule has 2 aliphatic heterocycles. The molecule has 2 aliphatic rings. The Kier molecular flexibility index (Phi) is 7.89. The largest absolute Gasteiger partial charge is 0.463 e. The number of nitrogens with one attached hydrogen (secondary N) is 2. The second-order valence-electron chi connectivity index (χ2n) is 6.37. The van der Waals surface area contributed by atoms with E-state index in [9.17, 15) is 4.79 Å². The summed E-state index contributed by atoms with van der Waals surface area (Å²) >= 11 is 0. The number of hydrogen-bond acceptors (Lipinski definition) is 7. The summed E-state index contributed by atoms with van der Waals surface area (Å²) < 4.78 is 26.9. The second kappa shape index (κ2) is 10.8. The van der Waals surface area contributed by atoms with E-state index in [1.54, 1.807) is 18.2 Å². The Morgan fingerprint density at radius 3 is 2.86 bits per heavy atom. The van der Waals surface area contributed by atoms with Gasteiger partial charge in [0, 0.05) is 12.2 Å². The molecule has 3 rings (SSSR count). The summed E-state index contributed by atoms with van der Waals surface area (Å²) in [6, 6.07) is 5.24. The highest BCUT2D eigenvalue weighted by atomic mass is 16.7. The van der Waals surface area contributed by atoms with Crippen molar-refractivity contribution in [3.8, 4) is 11.5 Å². The van der Waals surface area contributed by atoms with Crippen molar-refractivity contribution in [3.63, 3.8) is 0 Å². The summed E-state index contributed by atoms with van der Waals surface area (Å²) in [7, 11) is 0. The maximum absolute atomic E-state index is 12.6. The van der Waals surface area contributed by atoms with Crippen LogP contribution in [0.1, 0.15) is 17.3 Å². The van der Waals surface area contributed by atoms with Gasteiger partial charge in [0.2, 0.25) is 6.79 Å². The minimum absolute atomic E-state index is 0.164. The Hall–Kier alpha value is -2.36. The zero-order chi connectivity index (χ0) is 19.6. The van der Waals surface area contributed by atoms with E-state index in [1.807, 2.05) is 6.92 Å². The molecule has 2 heterocycles. The first-order valence-corrected chi connectivity index (χ1v) is 9.63. The van der Waals surface area contributed by atoms with Crippen molar-refractivity contribution >= 4 is 11.9 Å². The highest BCUT2D eigenvalue weighted by Gasteiger charge is 2.18. The number of amidine groups is 1. The lowest BCUT2D eigenvalue weighted by Crippen LogP contribution is -3.14. The zero-order valence-corrected chi connectivity index (χ0v) is 16.2. The van der Waals surface area contributed by atoms with E-state index < -0.39 is 0 Å². The number of carbonyl (C=O) groups is 1. The van der Waals surface area contributed by atoms with Crippen LogP contribution in [-0.2, 0) is 14.2 Å². The molecule has 1 saturated heterocycles. The highest BCUT2D eigenvalue weighted by Crippen LogP contribution is 2.32. The molecule has 0 spiro atoms. The van der Waals surface area contributed by atoms with Gasteiger partial charge in [-0.05, 0) is 25.1 Å². The number of ether oxygens (including phenoxy) is 5. The van der Waals surface area contributed by atoms with Crippen LogP contribution in [0.2, 0.25) is 0 Å². The molecule has 0 unspecified atom stereocenters. The summed E-state index contributed by atoms with van der Waals surface area (Å²) in [5.41, 5.74) is 0.448. The van der Waals surface area contributed by atoms with Crippen LogP contribution in [0.15, 0.2) is 23.2 Å². The smallest absolute Gasteiger partial charge is 0.291 e. The lowest BCUT2D eigenvalue weighted by molar-refractivity contribution is -0.906. The predicted molar refractivity (Wildman–Crippen MR) is 101 cm³/mol. The average molecular weight is 394 g/mol. The number of nitrogens with zero attached hydrogens (tertiary/aromatic N) is 1. The molecule has 9 heteroatoms. The highest BCUT2D eigenvalue weighted by molar-refractivity contribution is 6.04. The Morgan fingerprint density at radius 1 is 1.21 bits per heavy atom. The van der Waals surface area contributed by atoms with Gasteiger partial charge in [-0.15, -0.1) is 0 Å². The normalized spacial score (nSPS) is 16.8. The van der Waals surface area contributed by atoms with Crippen LogP contribution in [0.4, 0.5) is 0 Å². The second-order valence-corrected chi connectivity index (χ2v) is 6.37. The summed E-state index contributed by atoms with van der Waals surface area (Å²) in [5.74, 6) is 0.874. The SMILES string of the molecule is CCOCCOC(=NCC[NH+]1CCOCC1)NC(=O)c1ccc2c(c1)OCO2. The molecule has 154 valence electrons. The first-order valence-electron chi connectivity index (χ1n) is 9.63. The van der Waals surface area contributed by atoms with E-state index in [-0.39, 0.29) is 18.7 Å². The molecular weight excluding hydrogens is 366 g/mol. The lowest BCUT2D eigenvalue weighted by Gasteiger charge is -2.23. The van der Waals surface area contributed by atoms with Gasteiger partial charge in [0.15, 0.2) is 11.5 Å². The first kappa shape index (κ1) is 20.4. The van der Waals surface area contributed by atoms with Crippen LogP contribution in [0.5, 0.6) is 11.5 Å². The van der Waals surface area contributed by atoms with Gasteiger partial charge in [-0.2, -0.15) is 0 Å². The third kappa shape index (κ3) is 6.08. The van der Waals surface area contributed by atoms with Gasteiger partial charge in [0.25, 0.3) is 11.9 Å². The number of rotatable bonds is 8. The van der Waals surface area contributed by atoms with Crippen molar-refractivity contribution in [1.29, 1.82) is 0 Å². The van der Waals surface area contributed by atoms with Crippen molar-refractivity contribution < 1.29 is 33.4 Å². The molecule has 0 atom stereocenters. The number of fused-ring (bicyclic) bond motifs is 1. The number of benzene rings is 1. The number of morpholine rings is 1. The van der Waals surface area contributed by atoms with Gasteiger partial charge in [0.1, 0.15) is 19.7 Å². The van der Waals surface area contributed by atoms with E-state index in [0.29, 0.717) is 43.4 Å². The minimum atomic E-state index is -0.313. The van der Waals surface area contributed by atoms with Crippen LogP contribution < -0.4 is 19.7 Å². The summed E-state index contributed by atoms with van der Waals surface area (Å²) in [4.78, 5) is 18.5.